The van der Waals surface area contributed by atoms with Crippen molar-refractivity contribution in [1.82, 2.24) is 26.0 Å². The van der Waals surface area contributed by atoms with E-state index in [0.29, 0.717) is 29.7 Å². The molecule has 2 aromatic carbocycles. The van der Waals surface area contributed by atoms with Gasteiger partial charge in [0, 0.05) is 67.2 Å². The van der Waals surface area contributed by atoms with Gasteiger partial charge in [-0.25, -0.2) is 4.39 Å². The van der Waals surface area contributed by atoms with Crippen molar-refractivity contribution in [2.24, 2.45) is 0 Å². The van der Waals surface area contributed by atoms with Crippen molar-refractivity contribution >= 4 is 34.6 Å². The van der Waals surface area contributed by atoms with Gasteiger partial charge in [0.2, 0.25) is 0 Å². The third-order valence-electron chi connectivity index (χ3n) is 7.39. The largest absolute Gasteiger partial charge is 0.494 e. The number of allylic oxidation sites excluding steroid dienone is 1. The summed E-state index contributed by atoms with van der Waals surface area (Å²) in [5.41, 5.74) is 9.89. The predicted octanol–water partition coefficient (Wildman–Crippen LogP) is 4.31. The normalized spacial score (nSPS) is 17.9. The van der Waals surface area contributed by atoms with Crippen molar-refractivity contribution in [3.63, 3.8) is 0 Å². The molecule has 0 atom stereocenters. The number of rotatable bonds is 7. The fraction of sp³-hybridized carbons (Fsp3) is 0.407. The molecule has 1 fully saturated rings. The molecule has 11 heteroatoms. The molecule has 2 aromatic rings. The number of halogens is 3. The topological polar surface area (TPSA) is 67.1 Å². The van der Waals surface area contributed by atoms with Crippen molar-refractivity contribution in [3.05, 3.63) is 75.2 Å². The molecule has 5 rings (SSSR count). The Labute approximate surface area is 233 Å². The third-order valence-corrected chi connectivity index (χ3v) is 8.15. The van der Waals surface area contributed by atoms with E-state index >= 15 is 0 Å². The Morgan fingerprint density at radius 1 is 1.11 bits per heavy atom. The maximum Gasteiger partial charge on any atom is 0.144 e. The number of methoxy groups -OCH3 is 1. The lowest BCUT2D eigenvalue weighted by molar-refractivity contribution is 0.249. The smallest absolute Gasteiger partial charge is 0.144 e. The van der Waals surface area contributed by atoms with Gasteiger partial charge in [-0.05, 0) is 51.2 Å². The van der Waals surface area contributed by atoms with Crippen LogP contribution in [0.25, 0.3) is 0 Å². The zero-order valence-corrected chi connectivity index (χ0v) is 23.4. The summed E-state index contributed by atoms with van der Waals surface area (Å²) in [6.07, 6.45) is 4.29. The van der Waals surface area contributed by atoms with E-state index in [2.05, 4.69) is 62.4 Å². The van der Waals surface area contributed by atoms with Crippen LogP contribution < -0.4 is 31.1 Å². The Morgan fingerprint density at radius 2 is 1.89 bits per heavy atom. The van der Waals surface area contributed by atoms with E-state index in [1.807, 2.05) is 12.1 Å². The quantitative estimate of drug-likeness (QED) is 0.373. The van der Waals surface area contributed by atoms with Crippen molar-refractivity contribution in [3.8, 4) is 5.75 Å². The van der Waals surface area contributed by atoms with Crippen molar-refractivity contribution in [1.29, 1.82) is 0 Å². The molecule has 0 radical (unpaired) electrons. The van der Waals surface area contributed by atoms with Crippen LogP contribution in [0.1, 0.15) is 18.4 Å². The summed E-state index contributed by atoms with van der Waals surface area (Å²) in [5.74, 6) is 1.85. The molecule has 0 unspecified atom stereocenters. The zero-order valence-electron chi connectivity index (χ0n) is 21.9. The zero-order chi connectivity index (χ0) is 26.8. The fourth-order valence-corrected chi connectivity index (χ4v) is 5.65. The van der Waals surface area contributed by atoms with Gasteiger partial charge in [-0.15, -0.1) is 0 Å². The van der Waals surface area contributed by atoms with Gasteiger partial charge < -0.3 is 30.1 Å². The number of benzene rings is 2. The summed E-state index contributed by atoms with van der Waals surface area (Å²) in [6, 6.07) is 9.72. The number of hydrogen-bond donors (Lipinski definition) is 4. The third kappa shape index (κ3) is 5.55. The molecule has 1 saturated heterocycles. The highest BCUT2D eigenvalue weighted by molar-refractivity contribution is 6.36. The summed E-state index contributed by atoms with van der Waals surface area (Å²) >= 11 is 12.6. The van der Waals surface area contributed by atoms with Crippen LogP contribution in [-0.2, 0) is 6.54 Å². The second-order valence-corrected chi connectivity index (χ2v) is 10.7. The minimum atomic E-state index is -0.477. The molecule has 8 nitrogen and oxygen atoms in total. The number of ether oxygens (including phenoxy) is 1. The highest BCUT2D eigenvalue weighted by Crippen LogP contribution is 2.34. The number of anilines is 2. The standard InChI is InChI=1S/C27H34Cl2FN7O/c1-35(2)17-8-11-36(12-9-17)18-4-7-22(24(14-18)38-3)32-25-15-23-27(34-33-25)31-10-13-37(23)16-19-20(28)5-6-21(30)26(19)29/h4-7,14-15,17,31-34H,8-13,16H2,1-3H3. The van der Waals surface area contributed by atoms with Crippen LogP contribution >= 0.6 is 23.2 Å². The molecule has 3 aliphatic rings. The minimum absolute atomic E-state index is 0.0539. The molecule has 0 bridgehead atoms. The molecule has 0 aromatic heterocycles. The van der Waals surface area contributed by atoms with E-state index in [1.54, 1.807) is 13.2 Å². The second kappa shape index (κ2) is 11.4. The summed E-state index contributed by atoms with van der Waals surface area (Å²) < 4.78 is 19.9. The molecular weight excluding hydrogens is 528 g/mol. The van der Waals surface area contributed by atoms with Gasteiger partial charge in [0.25, 0.3) is 0 Å². The molecule has 0 saturated carbocycles. The van der Waals surface area contributed by atoms with E-state index in [9.17, 15) is 4.39 Å². The number of hydrazine groups is 1. The molecule has 0 aliphatic carbocycles. The predicted molar refractivity (Wildman–Crippen MR) is 152 cm³/mol. The molecule has 38 heavy (non-hydrogen) atoms. The van der Waals surface area contributed by atoms with Gasteiger partial charge in [-0.2, -0.15) is 0 Å². The summed E-state index contributed by atoms with van der Waals surface area (Å²) in [7, 11) is 5.99. The van der Waals surface area contributed by atoms with Gasteiger partial charge in [0.1, 0.15) is 23.2 Å². The Hall–Kier alpha value is -3.01. The van der Waals surface area contributed by atoms with Gasteiger partial charge in [-0.3, -0.25) is 10.9 Å². The number of nitrogens with zero attached hydrogens (tertiary/aromatic N) is 3. The van der Waals surface area contributed by atoms with Gasteiger partial charge in [-0.1, -0.05) is 23.2 Å². The van der Waals surface area contributed by atoms with E-state index in [1.165, 1.54) is 6.07 Å². The Kier molecular flexibility index (Phi) is 7.97. The first-order chi connectivity index (χ1) is 18.3. The first-order valence-electron chi connectivity index (χ1n) is 12.8. The Balaban J connectivity index is 1.33. The highest BCUT2D eigenvalue weighted by atomic mass is 35.5. The van der Waals surface area contributed by atoms with Crippen LogP contribution in [0.15, 0.2) is 53.7 Å². The molecule has 3 aliphatic heterocycles. The lowest BCUT2D eigenvalue weighted by Gasteiger charge is -2.37. The van der Waals surface area contributed by atoms with Crippen LogP contribution in [0.5, 0.6) is 5.75 Å². The van der Waals surface area contributed by atoms with Crippen LogP contribution in [0.3, 0.4) is 0 Å². The SMILES string of the molecule is COc1cc(N2CCC(N(C)C)CC2)ccc1NC1=CC2=C(NCCN2Cc2c(Cl)ccc(F)c2Cl)NN1. The average Bonchev–Trinajstić information content (AvgIpc) is 2.93. The van der Waals surface area contributed by atoms with Gasteiger partial charge in [0.15, 0.2) is 0 Å². The number of piperidine rings is 1. The molecule has 0 spiro atoms. The lowest BCUT2D eigenvalue weighted by atomic mass is 10.0. The van der Waals surface area contributed by atoms with E-state index in [4.69, 9.17) is 27.9 Å². The number of nitrogens with one attached hydrogen (secondary N) is 4. The first kappa shape index (κ1) is 26.6. The molecular formula is C27H34Cl2FN7O. The van der Waals surface area contributed by atoms with Crippen LogP contribution in [0, 0.1) is 5.82 Å². The maximum absolute atomic E-state index is 14.1. The average molecular weight is 563 g/mol. The minimum Gasteiger partial charge on any atom is -0.494 e. The molecule has 204 valence electrons. The molecule has 4 N–H and O–H groups in total. The maximum atomic E-state index is 14.1. The van der Waals surface area contributed by atoms with Crippen LogP contribution in [0.4, 0.5) is 15.8 Å². The summed E-state index contributed by atoms with van der Waals surface area (Å²) in [4.78, 5) is 6.85. The fourth-order valence-electron chi connectivity index (χ4n) is 5.16. The van der Waals surface area contributed by atoms with E-state index in [0.717, 1.165) is 66.9 Å². The van der Waals surface area contributed by atoms with Gasteiger partial charge in [0.05, 0.1) is 23.5 Å². The van der Waals surface area contributed by atoms with Crippen molar-refractivity contribution < 1.29 is 9.13 Å². The first-order valence-corrected chi connectivity index (χ1v) is 13.5. The lowest BCUT2D eigenvalue weighted by Crippen LogP contribution is -2.49. The Morgan fingerprint density at radius 3 is 2.63 bits per heavy atom. The molecule has 3 heterocycles. The summed E-state index contributed by atoms with van der Waals surface area (Å²) in [5, 5.41) is 7.29. The van der Waals surface area contributed by atoms with Crippen LogP contribution in [-0.4, -0.2) is 63.2 Å². The van der Waals surface area contributed by atoms with E-state index < -0.39 is 5.82 Å². The van der Waals surface area contributed by atoms with Gasteiger partial charge >= 0.3 is 0 Å². The van der Waals surface area contributed by atoms with Crippen molar-refractivity contribution in [2.45, 2.75) is 25.4 Å². The monoisotopic (exact) mass is 561 g/mol. The number of hydrogen-bond acceptors (Lipinski definition) is 8. The summed E-state index contributed by atoms with van der Waals surface area (Å²) in [6.45, 7) is 3.85. The highest BCUT2D eigenvalue weighted by Gasteiger charge is 2.25. The van der Waals surface area contributed by atoms with Crippen molar-refractivity contribution in [2.75, 3.05) is 57.6 Å². The second-order valence-electron chi connectivity index (χ2n) is 9.93. The Bertz CT molecular complexity index is 1240. The molecule has 0 amide bonds. The van der Waals surface area contributed by atoms with E-state index in [-0.39, 0.29) is 5.02 Å². The van der Waals surface area contributed by atoms with Crippen LogP contribution in [0.2, 0.25) is 10.0 Å².